The largest absolute Gasteiger partial charge is 0.355 e. The molecular weight excluding hydrogens is 475 g/mol. The highest BCUT2D eigenvalue weighted by atomic mass is 127. The number of hydrogen-bond acceptors (Lipinski definition) is 4. The van der Waals surface area contributed by atoms with Gasteiger partial charge in [-0.1, -0.05) is 30.3 Å². The summed E-state index contributed by atoms with van der Waals surface area (Å²) in [5.74, 6) is 0.627. The minimum atomic E-state index is -3.15. The first kappa shape index (κ1) is 24.2. The standard InChI is InChI=1S/C19H32N4O2S.HI/c1-19(2,26(4,24)25)15-22-18(20-3)21-14-17(23-12-8-9-13-23)16-10-6-5-7-11-16;/h5-7,10-11,17H,8-9,12-15H2,1-4H3,(H2,20,21,22);1H. The molecule has 0 saturated carbocycles. The Hall–Kier alpha value is -0.870. The third kappa shape index (κ3) is 6.90. The van der Waals surface area contributed by atoms with E-state index in [1.54, 1.807) is 20.9 Å². The third-order valence-electron chi connectivity index (χ3n) is 5.14. The van der Waals surface area contributed by atoms with Gasteiger partial charge in [0.1, 0.15) is 0 Å². The third-order valence-corrected chi connectivity index (χ3v) is 7.29. The van der Waals surface area contributed by atoms with Crippen LogP contribution in [0.4, 0.5) is 0 Å². The van der Waals surface area contributed by atoms with Gasteiger partial charge in [-0.2, -0.15) is 0 Å². The number of guanidine groups is 1. The number of likely N-dealkylation sites (tertiary alicyclic amines) is 1. The van der Waals surface area contributed by atoms with E-state index in [0.717, 1.165) is 19.6 Å². The topological polar surface area (TPSA) is 73.8 Å². The van der Waals surface area contributed by atoms with Gasteiger partial charge in [-0.3, -0.25) is 9.89 Å². The normalized spacial score (nSPS) is 17.3. The molecule has 1 aliphatic rings. The van der Waals surface area contributed by atoms with Crippen molar-refractivity contribution in [1.82, 2.24) is 15.5 Å². The summed E-state index contributed by atoms with van der Waals surface area (Å²) in [4.78, 5) is 6.74. The molecule has 1 fully saturated rings. The van der Waals surface area contributed by atoms with Gasteiger partial charge in [0.25, 0.3) is 0 Å². The van der Waals surface area contributed by atoms with E-state index in [4.69, 9.17) is 0 Å². The van der Waals surface area contributed by atoms with E-state index in [1.807, 2.05) is 6.07 Å². The molecule has 1 atom stereocenters. The van der Waals surface area contributed by atoms with Crippen molar-refractivity contribution in [2.45, 2.75) is 37.5 Å². The fourth-order valence-corrected chi connectivity index (χ4v) is 3.36. The van der Waals surface area contributed by atoms with Crippen LogP contribution in [-0.2, 0) is 9.84 Å². The molecule has 1 saturated heterocycles. The summed E-state index contributed by atoms with van der Waals surface area (Å²) >= 11 is 0. The summed E-state index contributed by atoms with van der Waals surface area (Å²) in [5.41, 5.74) is 1.29. The summed E-state index contributed by atoms with van der Waals surface area (Å²) < 4.78 is 22.9. The van der Waals surface area contributed by atoms with Gasteiger partial charge in [0.15, 0.2) is 15.8 Å². The van der Waals surface area contributed by atoms with E-state index in [9.17, 15) is 8.42 Å². The van der Waals surface area contributed by atoms with Crippen molar-refractivity contribution in [3.05, 3.63) is 35.9 Å². The number of rotatable bonds is 7. The summed E-state index contributed by atoms with van der Waals surface area (Å²) in [6.07, 6.45) is 3.74. The van der Waals surface area contributed by atoms with Gasteiger partial charge in [0.2, 0.25) is 0 Å². The second kappa shape index (κ2) is 10.6. The number of nitrogens with one attached hydrogen (secondary N) is 2. The number of hydrogen-bond donors (Lipinski definition) is 2. The first-order valence-electron chi connectivity index (χ1n) is 9.18. The zero-order valence-electron chi connectivity index (χ0n) is 16.7. The second-order valence-electron chi connectivity index (χ2n) is 7.51. The van der Waals surface area contributed by atoms with E-state index in [1.165, 1.54) is 24.7 Å². The van der Waals surface area contributed by atoms with Crippen molar-refractivity contribution in [1.29, 1.82) is 0 Å². The van der Waals surface area contributed by atoms with Crippen molar-refractivity contribution < 1.29 is 8.42 Å². The molecule has 6 nitrogen and oxygen atoms in total. The molecule has 2 N–H and O–H groups in total. The SMILES string of the molecule is CN=C(NCC(c1ccccc1)N1CCCC1)NCC(C)(C)S(C)(=O)=O.I. The molecule has 154 valence electrons. The smallest absolute Gasteiger partial charge is 0.191 e. The highest BCUT2D eigenvalue weighted by Gasteiger charge is 2.30. The summed E-state index contributed by atoms with van der Waals surface area (Å²) in [5, 5.41) is 6.53. The average molecular weight is 508 g/mol. The minimum absolute atomic E-state index is 0. The van der Waals surface area contributed by atoms with Gasteiger partial charge in [-0.25, -0.2) is 8.42 Å². The average Bonchev–Trinajstić information content (AvgIpc) is 3.12. The first-order valence-corrected chi connectivity index (χ1v) is 11.1. The van der Waals surface area contributed by atoms with Crippen molar-refractivity contribution >= 4 is 39.8 Å². The summed E-state index contributed by atoms with van der Waals surface area (Å²) in [7, 11) is -1.44. The van der Waals surface area contributed by atoms with Crippen LogP contribution < -0.4 is 10.6 Å². The molecule has 1 heterocycles. The van der Waals surface area contributed by atoms with E-state index in [0.29, 0.717) is 12.5 Å². The highest BCUT2D eigenvalue weighted by molar-refractivity contribution is 14.0. The molecular formula is C19H33IN4O2S. The molecule has 0 aromatic heterocycles. The zero-order valence-corrected chi connectivity index (χ0v) is 19.9. The maximum absolute atomic E-state index is 11.9. The predicted octanol–water partition coefficient (Wildman–Crippen LogP) is 2.43. The molecule has 1 aromatic carbocycles. The van der Waals surface area contributed by atoms with E-state index >= 15 is 0 Å². The molecule has 1 aromatic rings. The predicted molar refractivity (Wildman–Crippen MR) is 124 cm³/mol. The Balaban J connectivity index is 0.00000364. The van der Waals surface area contributed by atoms with Crippen LogP contribution in [0.5, 0.6) is 0 Å². The number of sulfone groups is 1. The lowest BCUT2D eigenvalue weighted by molar-refractivity contribution is 0.245. The van der Waals surface area contributed by atoms with Crippen LogP contribution in [0.3, 0.4) is 0 Å². The lowest BCUT2D eigenvalue weighted by Crippen LogP contribution is -2.49. The van der Waals surface area contributed by atoms with Crippen LogP contribution in [0.25, 0.3) is 0 Å². The highest BCUT2D eigenvalue weighted by Crippen LogP contribution is 2.24. The number of aliphatic imine (C=N–C) groups is 1. The quantitative estimate of drug-likeness (QED) is 0.336. The monoisotopic (exact) mass is 508 g/mol. The maximum Gasteiger partial charge on any atom is 0.191 e. The molecule has 0 radical (unpaired) electrons. The van der Waals surface area contributed by atoms with Crippen LogP contribution >= 0.6 is 24.0 Å². The maximum atomic E-state index is 11.9. The summed E-state index contributed by atoms with van der Waals surface area (Å²) in [6, 6.07) is 10.8. The van der Waals surface area contributed by atoms with E-state index in [2.05, 4.69) is 44.8 Å². The second-order valence-corrected chi connectivity index (χ2v) is 10.2. The lowest BCUT2D eigenvalue weighted by atomic mass is 10.1. The molecule has 0 aliphatic carbocycles. The van der Waals surface area contributed by atoms with Crippen LogP contribution in [0.2, 0.25) is 0 Å². The van der Waals surface area contributed by atoms with E-state index in [-0.39, 0.29) is 30.0 Å². The number of halogens is 1. The van der Waals surface area contributed by atoms with Gasteiger partial charge in [0.05, 0.1) is 10.8 Å². The molecule has 2 rings (SSSR count). The van der Waals surface area contributed by atoms with Crippen LogP contribution in [0.15, 0.2) is 35.3 Å². The Morgan fingerprint density at radius 3 is 2.30 bits per heavy atom. The van der Waals surface area contributed by atoms with Crippen molar-refractivity contribution in [2.24, 2.45) is 4.99 Å². The fraction of sp³-hybridized carbons (Fsp3) is 0.632. The fourth-order valence-electron chi connectivity index (χ4n) is 3.03. The Bertz CT molecular complexity index is 702. The van der Waals surface area contributed by atoms with Crippen LogP contribution in [0.1, 0.15) is 38.3 Å². The molecule has 0 bridgehead atoms. The molecule has 27 heavy (non-hydrogen) atoms. The van der Waals surface area contributed by atoms with Crippen molar-refractivity contribution in [3.63, 3.8) is 0 Å². The van der Waals surface area contributed by atoms with Gasteiger partial charge >= 0.3 is 0 Å². The molecule has 8 heteroatoms. The van der Waals surface area contributed by atoms with Gasteiger partial charge in [0, 0.05) is 26.4 Å². The Labute approximate surface area is 181 Å². The molecule has 1 aliphatic heterocycles. The van der Waals surface area contributed by atoms with Gasteiger partial charge in [-0.15, -0.1) is 24.0 Å². The first-order chi connectivity index (χ1) is 12.2. The van der Waals surface area contributed by atoms with Gasteiger partial charge in [-0.05, 0) is 45.3 Å². The van der Waals surface area contributed by atoms with E-state index < -0.39 is 14.6 Å². The van der Waals surface area contributed by atoms with Crippen molar-refractivity contribution in [2.75, 3.05) is 39.5 Å². The van der Waals surface area contributed by atoms with Crippen LogP contribution in [0, 0.1) is 0 Å². The van der Waals surface area contributed by atoms with Crippen LogP contribution in [-0.4, -0.2) is 63.5 Å². The molecule has 0 amide bonds. The van der Waals surface area contributed by atoms with Crippen molar-refractivity contribution in [3.8, 4) is 0 Å². The Kier molecular flexibility index (Phi) is 9.50. The number of nitrogens with zero attached hydrogens (tertiary/aromatic N) is 2. The Morgan fingerprint density at radius 1 is 1.19 bits per heavy atom. The zero-order chi connectivity index (χ0) is 19.2. The molecule has 0 spiro atoms. The minimum Gasteiger partial charge on any atom is -0.355 e. The van der Waals surface area contributed by atoms with Gasteiger partial charge < -0.3 is 10.6 Å². The summed E-state index contributed by atoms with van der Waals surface area (Å²) in [6.45, 7) is 6.69. The number of benzene rings is 1. The Morgan fingerprint density at radius 2 is 1.78 bits per heavy atom. The lowest BCUT2D eigenvalue weighted by Gasteiger charge is -2.29. The molecule has 1 unspecified atom stereocenters.